The van der Waals surface area contributed by atoms with Crippen LogP contribution < -0.4 is 0 Å². The molecule has 7 heteroatoms. The summed E-state index contributed by atoms with van der Waals surface area (Å²) >= 11 is 0. The number of pyridine rings is 1. The number of aldehydes is 1. The Hall–Kier alpha value is -3.11. The summed E-state index contributed by atoms with van der Waals surface area (Å²) in [6.07, 6.45) is 2.40. The highest BCUT2D eigenvalue weighted by atomic mass is 19.1. The van der Waals surface area contributed by atoms with E-state index in [1.165, 1.54) is 0 Å². The van der Waals surface area contributed by atoms with Crippen LogP contribution in [0.2, 0.25) is 0 Å². The lowest BCUT2D eigenvalue weighted by atomic mass is 10.1. The summed E-state index contributed by atoms with van der Waals surface area (Å²) in [4.78, 5) is 16.7. The van der Waals surface area contributed by atoms with Crippen molar-refractivity contribution in [3.8, 4) is 11.8 Å². The van der Waals surface area contributed by atoms with Crippen molar-refractivity contribution in [3.63, 3.8) is 0 Å². The normalized spacial score (nSPS) is 19.5. The predicted molar refractivity (Wildman–Crippen MR) is 103 cm³/mol. The third-order valence-electron chi connectivity index (χ3n) is 4.49. The number of carbonyl (C=O) groups is 1. The van der Waals surface area contributed by atoms with Gasteiger partial charge in [0.2, 0.25) is 0 Å². The van der Waals surface area contributed by atoms with E-state index in [2.05, 4.69) is 11.1 Å². The smallest absolute Gasteiger partial charge is 0.151 e. The Labute approximate surface area is 161 Å². The van der Waals surface area contributed by atoms with Crippen LogP contribution in [0.25, 0.3) is 16.7 Å². The van der Waals surface area contributed by atoms with Crippen molar-refractivity contribution in [1.82, 2.24) is 14.5 Å². The monoisotopic (exact) mass is 382 g/mol. The number of piperidine rings is 1. The number of nitrogens with zero attached hydrogens (tertiary/aromatic N) is 4. The molecule has 144 valence electrons. The van der Waals surface area contributed by atoms with Crippen LogP contribution in [0.15, 0.2) is 48.8 Å². The molecule has 0 aliphatic carbocycles. The number of likely N-dealkylation sites (tertiary alicyclic amines) is 1. The zero-order valence-electron chi connectivity index (χ0n) is 15.4. The molecule has 28 heavy (non-hydrogen) atoms. The van der Waals surface area contributed by atoms with Crippen LogP contribution >= 0.6 is 0 Å². The van der Waals surface area contributed by atoms with Crippen molar-refractivity contribution in [2.75, 3.05) is 20.1 Å². The van der Waals surface area contributed by atoms with Crippen LogP contribution in [-0.4, -0.2) is 53.2 Å². The number of halogens is 2. The van der Waals surface area contributed by atoms with Gasteiger partial charge in [0.25, 0.3) is 0 Å². The maximum Gasteiger partial charge on any atom is 0.151 e. The van der Waals surface area contributed by atoms with E-state index in [9.17, 15) is 13.6 Å². The van der Waals surface area contributed by atoms with Crippen LogP contribution in [0.3, 0.4) is 0 Å². The molecule has 1 fully saturated rings. The van der Waals surface area contributed by atoms with Gasteiger partial charge in [0.05, 0.1) is 11.6 Å². The first-order valence-corrected chi connectivity index (χ1v) is 8.89. The van der Waals surface area contributed by atoms with Gasteiger partial charge >= 0.3 is 0 Å². The Bertz CT molecular complexity index is 969. The van der Waals surface area contributed by atoms with Crippen LogP contribution in [0, 0.1) is 11.3 Å². The number of aromatic nitrogens is 2. The van der Waals surface area contributed by atoms with Gasteiger partial charge in [-0.2, -0.15) is 5.26 Å². The van der Waals surface area contributed by atoms with E-state index < -0.39 is 12.3 Å². The second kappa shape index (κ2) is 8.72. The highest BCUT2D eigenvalue weighted by Gasteiger charge is 2.23. The lowest BCUT2D eigenvalue weighted by molar-refractivity contribution is 0.0917. The first-order chi connectivity index (χ1) is 13.5. The van der Waals surface area contributed by atoms with E-state index in [1.54, 1.807) is 36.3 Å². The van der Waals surface area contributed by atoms with Crippen LogP contribution in [0.4, 0.5) is 8.78 Å². The van der Waals surface area contributed by atoms with E-state index in [1.807, 2.05) is 29.0 Å². The van der Waals surface area contributed by atoms with Gasteiger partial charge in [-0.3, -0.25) is 4.79 Å². The van der Waals surface area contributed by atoms with Crippen molar-refractivity contribution >= 4 is 17.3 Å². The SMILES string of the molecule is CN1CC(F)CC(F)C1.N#Cc1ccc(-n2ccc3cc(C=O)cnc32)cc1. The van der Waals surface area contributed by atoms with Crippen molar-refractivity contribution in [2.24, 2.45) is 0 Å². The number of nitriles is 1. The molecule has 2 aromatic heterocycles. The van der Waals surface area contributed by atoms with Gasteiger partial charge in [-0.05, 0) is 43.4 Å². The summed E-state index contributed by atoms with van der Waals surface area (Å²) in [6, 6.07) is 13.1. The molecule has 5 nitrogen and oxygen atoms in total. The van der Waals surface area contributed by atoms with Crippen molar-refractivity contribution in [3.05, 3.63) is 59.9 Å². The summed E-state index contributed by atoms with van der Waals surface area (Å²) in [5.41, 5.74) is 2.90. The molecule has 1 aliphatic rings. The lowest BCUT2D eigenvalue weighted by Crippen LogP contribution is -2.39. The maximum atomic E-state index is 12.4. The Kier molecular flexibility index (Phi) is 6.12. The number of carbonyl (C=O) groups excluding carboxylic acids is 1. The zero-order valence-corrected chi connectivity index (χ0v) is 15.4. The van der Waals surface area contributed by atoms with Crippen molar-refractivity contribution < 1.29 is 13.6 Å². The molecule has 0 bridgehead atoms. The highest BCUT2D eigenvalue weighted by molar-refractivity contribution is 5.85. The fourth-order valence-electron chi connectivity index (χ4n) is 3.19. The standard InChI is InChI=1S/C15H9N3O.C6H11F2N/c16-8-11-1-3-14(4-2-11)18-6-5-13-7-12(10-19)9-17-15(13)18;1-9-3-5(7)2-6(8)4-9/h1-7,9-10H;5-6H,2-4H2,1H3. The summed E-state index contributed by atoms with van der Waals surface area (Å²) in [5.74, 6) is 0. The minimum atomic E-state index is -0.959. The quantitative estimate of drug-likeness (QED) is 0.634. The number of alkyl halides is 2. The second-order valence-corrected chi connectivity index (χ2v) is 6.80. The van der Waals surface area contributed by atoms with E-state index in [0.717, 1.165) is 23.0 Å². The van der Waals surface area contributed by atoms with Gasteiger partial charge in [0.15, 0.2) is 6.29 Å². The third kappa shape index (κ3) is 4.59. The Morgan fingerprint density at radius 3 is 2.43 bits per heavy atom. The molecule has 2 atom stereocenters. The summed E-state index contributed by atoms with van der Waals surface area (Å²) in [5, 5.41) is 9.70. The molecule has 0 saturated carbocycles. The molecule has 2 unspecified atom stereocenters. The maximum absolute atomic E-state index is 12.4. The highest BCUT2D eigenvalue weighted by Crippen LogP contribution is 2.19. The first kappa shape index (κ1) is 19.6. The van der Waals surface area contributed by atoms with E-state index >= 15 is 0 Å². The second-order valence-electron chi connectivity index (χ2n) is 6.80. The molecular weight excluding hydrogens is 362 g/mol. The van der Waals surface area contributed by atoms with E-state index in [4.69, 9.17) is 5.26 Å². The average Bonchev–Trinajstić information content (AvgIpc) is 3.10. The van der Waals surface area contributed by atoms with E-state index in [-0.39, 0.29) is 6.42 Å². The average molecular weight is 382 g/mol. The molecule has 1 saturated heterocycles. The van der Waals surface area contributed by atoms with Gasteiger partial charge in [0, 0.05) is 48.5 Å². The van der Waals surface area contributed by atoms with Gasteiger partial charge in [-0.15, -0.1) is 0 Å². The fraction of sp³-hybridized carbons (Fsp3) is 0.286. The molecule has 1 aliphatic heterocycles. The molecule has 0 spiro atoms. The molecule has 1 aromatic carbocycles. The molecule has 0 N–H and O–H groups in total. The lowest BCUT2D eigenvalue weighted by Gasteiger charge is -2.27. The Morgan fingerprint density at radius 1 is 1.18 bits per heavy atom. The number of benzene rings is 1. The van der Waals surface area contributed by atoms with Gasteiger partial charge < -0.3 is 9.47 Å². The summed E-state index contributed by atoms with van der Waals surface area (Å²) < 4.78 is 26.7. The van der Waals surface area contributed by atoms with E-state index in [0.29, 0.717) is 24.2 Å². The number of hydrogen-bond acceptors (Lipinski definition) is 4. The molecule has 4 rings (SSSR count). The van der Waals surface area contributed by atoms with Gasteiger partial charge in [-0.1, -0.05) is 0 Å². The van der Waals surface area contributed by atoms with Gasteiger partial charge in [-0.25, -0.2) is 13.8 Å². The molecule has 3 aromatic rings. The van der Waals surface area contributed by atoms with Crippen molar-refractivity contribution in [1.29, 1.82) is 5.26 Å². The number of rotatable bonds is 2. The Balaban J connectivity index is 0.000000211. The minimum Gasteiger partial charge on any atom is -0.301 e. The zero-order chi connectivity index (χ0) is 20.1. The first-order valence-electron chi connectivity index (χ1n) is 8.89. The van der Waals surface area contributed by atoms with Gasteiger partial charge in [0.1, 0.15) is 18.0 Å². The minimum absolute atomic E-state index is 0.0876. The third-order valence-corrected chi connectivity index (χ3v) is 4.49. The van der Waals surface area contributed by atoms with Crippen LogP contribution in [0.5, 0.6) is 0 Å². The summed E-state index contributed by atoms with van der Waals surface area (Å²) in [6.45, 7) is 0.779. The number of hydrogen-bond donors (Lipinski definition) is 0. The molecular formula is C21H20F2N4O. The molecule has 0 amide bonds. The summed E-state index contributed by atoms with van der Waals surface area (Å²) in [7, 11) is 1.73. The number of fused-ring (bicyclic) bond motifs is 1. The predicted octanol–water partition coefficient (Wildman–Crippen LogP) is 3.71. The topological polar surface area (TPSA) is 61.9 Å². The largest absolute Gasteiger partial charge is 0.301 e. The fourth-order valence-corrected chi connectivity index (χ4v) is 3.19. The van der Waals surface area contributed by atoms with Crippen molar-refractivity contribution in [2.45, 2.75) is 18.8 Å². The molecule has 3 heterocycles. The van der Waals surface area contributed by atoms with Crippen LogP contribution in [0.1, 0.15) is 22.3 Å². The van der Waals surface area contributed by atoms with Crippen LogP contribution in [-0.2, 0) is 0 Å². The Morgan fingerprint density at radius 2 is 1.86 bits per heavy atom. The molecule has 0 radical (unpaired) electrons.